The summed E-state index contributed by atoms with van der Waals surface area (Å²) in [4.78, 5) is 8.52. The second kappa shape index (κ2) is 5.21. The second-order valence-corrected chi connectivity index (χ2v) is 4.13. The van der Waals surface area contributed by atoms with Crippen molar-refractivity contribution in [2.24, 2.45) is 0 Å². The Hall–Kier alpha value is -0.960. The number of hydrogen-bond acceptors (Lipinski definition) is 3. The van der Waals surface area contributed by atoms with Crippen LogP contribution in [0.5, 0.6) is 0 Å². The van der Waals surface area contributed by atoms with Gasteiger partial charge in [0.25, 0.3) is 0 Å². The fourth-order valence-corrected chi connectivity index (χ4v) is 1.55. The van der Waals surface area contributed by atoms with E-state index in [2.05, 4.69) is 30.7 Å². The molecule has 15 heavy (non-hydrogen) atoms. The molecule has 0 amide bonds. The molecule has 1 aromatic rings. The molecule has 0 saturated heterocycles. The molecule has 0 fully saturated rings. The van der Waals surface area contributed by atoms with E-state index in [-0.39, 0.29) is 12.0 Å². The maximum atomic E-state index is 8.76. The molecule has 0 radical (unpaired) electrons. The Morgan fingerprint density at radius 1 is 1.20 bits per heavy atom. The lowest BCUT2D eigenvalue weighted by Crippen LogP contribution is -2.20. The van der Waals surface area contributed by atoms with Crippen molar-refractivity contribution >= 4 is 0 Å². The molecule has 0 aliphatic rings. The summed E-state index contributed by atoms with van der Waals surface area (Å²) in [7, 11) is 0. The third-order valence-corrected chi connectivity index (χ3v) is 3.30. The van der Waals surface area contributed by atoms with Crippen molar-refractivity contribution in [1.82, 2.24) is 9.97 Å². The molecule has 0 aromatic carbocycles. The van der Waals surface area contributed by atoms with Crippen molar-refractivity contribution in [3.8, 4) is 0 Å². The van der Waals surface area contributed by atoms with E-state index in [1.807, 2.05) is 12.4 Å². The summed E-state index contributed by atoms with van der Waals surface area (Å²) in [5.74, 6) is 0.718. The molecule has 1 rings (SSSR count). The Labute approximate surface area is 91.6 Å². The number of aliphatic hydroxyl groups excluding tert-OH is 1. The number of aromatic nitrogens is 2. The van der Waals surface area contributed by atoms with Gasteiger partial charge in [-0.1, -0.05) is 20.8 Å². The van der Waals surface area contributed by atoms with Crippen LogP contribution < -0.4 is 0 Å². The Kier molecular flexibility index (Phi) is 4.21. The highest BCUT2D eigenvalue weighted by Crippen LogP contribution is 2.29. The van der Waals surface area contributed by atoms with Crippen LogP contribution in [0.3, 0.4) is 0 Å². The fraction of sp³-hybridized carbons (Fsp3) is 0.667. The first-order valence-electron chi connectivity index (χ1n) is 5.58. The van der Waals surface area contributed by atoms with Gasteiger partial charge >= 0.3 is 0 Å². The summed E-state index contributed by atoms with van der Waals surface area (Å²) >= 11 is 0. The highest BCUT2D eigenvalue weighted by Gasteiger charge is 2.22. The molecule has 84 valence electrons. The molecular formula is C12H20N2O. The van der Waals surface area contributed by atoms with Crippen LogP contribution in [0.15, 0.2) is 12.4 Å². The molecule has 0 atom stereocenters. The maximum Gasteiger partial charge on any atom is 0.130 e. The smallest absolute Gasteiger partial charge is 0.130 e. The molecule has 0 saturated carbocycles. The van der Waals surface area contributed by atoms with Crippen LogP contribution in [-0.2, 0) is 11.8 Å². The number of hydrogen-bond donors (Lipinski definition) is 1. The van der Waals surface area contributed by atoms with Gasteiger partial charge in [-0.25, -0.2) is 9.97 Å². The summed E-state index contributed by atoms with van der Waals surface area (Å²) < 4.78 is 0. The van der Waals surface area contributed by atoms with Gasteiger partial charge in [-0.2, -0.15) is 0 Å². The molecule has 0 unspecified atom stereocenters. The van der Waals surface area contributed by atoms with Gasteiger partial charge in [0.1, 0.15) is 5.82 Å². The second-order valence-electron chi connectivity index (χ2n) is 4.13. The average Bonchev–Trinajstić information content (AvgIpc) is 2.29. The van der Waals surface area contributed by atoms with Crippen molar-refractivity contribution in [2.45, 2.75) is 45.4 Å². The molecule has 3 nitrogen and oxygen atoms in total. The molecule has 3 heteroatoms. The van der Waals surface area contributed by atoms with Crippen LogP contribution in [0.1, 0.15) is 45.0 Å². The van der Waals surface area contributed by atoms with Gasteiger partial charge in [-0.05, 0) is 23.8 Å². The van der Waals surface area contributed by atoms with Gasteiger partial charge in [0.15, 0.2) is 0 Å². The van der Waals surface area contributed by atoms with Gasteiger partial charge in [0, 0.05) is 18.8 Å². The Morgan fingerprint density at radius 3 is 2.13 bits per heavy atom. The van der Waals surface area contributed by atoms with E-state index in [1.165, 1.54) is 5.56 Å². The predicted molar refractivity (Wildman–Crippen MR) is 60.8 cm³/mol. The SMILES string of the molecule is CCC(C)(CC)c1cnc(CCO)nc1. The number of nitrogens with zero attached hydrogens (tertiary/aromatic N) is 2. The number of rotatable bonds is 5. The summed E-state index contributed by atoms with van der Waals surface area (Å²) in [5.41, 5.74) is 1.37. The summed E-state index contributed by atoms with van der Waals surface area (Å²) in [6, 6.07) is 0. The molecule has 0 spiro atoms. The van der Waals surface area contributed by atoms with Crippen LogP contribution >= 0.6 is 0 Å². The Balaban J connectivity index is 2.87. The normalized spacial score (nSPS) is 11.7. The van der Waals surface area contributed by atoms with E-state index >= 15 is 0 Å². The fourth-order valence-electron chi connectivity index (χ4n) is 1.55. The highest BCUT2D eigenvalue weighted by atomic mass is 16.3. The minimum atomic E-state index is 0.109. The molecule has 1 N–H and O–H groups in total. The topological polar surface area (TPSA) is 46.0 Å². The molecule has 0 aliphatic carbocycles. The first kappa shape index (κ1) is 12.1. The van der Waals surface area contributed by atoms with Gasteiger partial charge in [0.05, 0.1) is 6.61 Å². The zero-order chi connectivity index (χ0) is 11.3. The quantitative estimate of drug-likeness (QED) is 0.806. The number of aliphatic hydroxyl groups is 1. The molecule has 1 aromatic heterocycles. The van der Waals surface area contributed by atoms with Gasteiger partial charge in [-0.15, -0.1) is 0 Å². The van der Waals surface area contributed by atoms with E-state index in [0.717, 1.165) is 18.7 Å². The van der Waals surface area contributed by atoms with Crippen molar-refractivity contribution in [3.63, 3.8) is 0 Å². The average molecular weight is 208 g/mol. The van der Waals surface area contributed by atoms with Crippen LogP contribution in [0, 0.1) is 0 Å². The Bertz CT molecular complexity index is 291. The minimum Gasteiger partial charge on any atom is -0.396 e. The van der Waals surface area contributed by atoms with E-state index < -0.39 is 0 Å². The van der Waals surface area contributed by atoms with E-state index in [4.69, 9.17) is 5.11 Å². The van der Waals surface area contributed by atoms with Crippen molar-refractivity contribution in [3.05, 3.63) is 23.8 Å². The zero-order valence-electron chi connectivity index (χ0n) is 9.82. The minimum absolute atomic E-state index is 0.109. The van der Waals surface area contributed by atoms with Crippen LogP contribution in [0.2, 0.25) is 0 Å². The zero-order valence-corrected chi connectivity index (χ0v) is 9.82. The molecule has 0 bridgehead atoms. The molecule has 0 aliphatic heterocycles. The summed E-state index contributed by atoms with van der Waals surface area (Å²) in [5, 5.41) is 8.76. The van der Waals surface area contributed by atoms with Crippen molar-refractivity contribution in [2.75, 3.05) is 6.61 Å². The highest BCUT2D eigenvalue weighted by molar-refractivity contribution is 5.17. The monoisotopic (exact) mass is 208 g/mol. The molecular weight excluding hydrogens is 188 g/mol. The Morgan fingerprint density at radius 2 is 1.73 bits per heavy atom. The van der Waals surface area contributed by atoms with Gasteiger partial charge < -0.3 is 5.11 Å². The van der Waals surface area contributed by atoms with Crippen molar-refractivity contribution in [1.29, 1.82) is 0 Å². The standard InChI is InChI=1S/C12H20N2O/c1-4-12(3,5-2)10-8-13-11(6-7-15)14-9-10/h8-9,15H,4-7H2,1-3H3. The van der Waals surface area contributed by atoms with E-state index in [1.54, 1.807) is 0 Å². The third kappa shape index (κ3) is 2.75. The maximum absolute atomic E-state index is 8.76. The van der Waals surface area contributed by atoms with E-state index in [9.17, 15) is 0 Å². The van der Waals surface area contributed by atoms with Crippen LogP contribution in [0.4, 0.5) is 0 Å². The van der Waals surface area contributed by atoms with Crippen LogP contribution in [-0.4, -0.2) is 21.7 Å². The largest absolute Gasteiger partial charge is 0.396 e. The lowest BCUT2D eigenvalue weighted by molar-refractivity contribution is 0.296. The summed E-state index contributed by atoms with van der Waals surface area (Å²) in [6.07, 6.45) is 6.50. The predicted octanol–water partition coefficient (Wildman–Crippen LogP) is 2.09. The summed E-state index contributed by atoms with van der Waals surface area (Å²) in [6.45, 7) is 6.71. The lowest BCUT2D eigenvalue weighted by atomic mass is 9.79. The van der Waals surface area contributed by atoms with Crippen molar-refractivity contribution < 1.29 is 5.11 Å². The molecule has 1 heterocycles. The van der Waals surface area contributed by atoms with Gasteiger partial charge in [-0.3, -0.25) is 0 Å². The first-order chi connectivity index (χ1) is 7.16. The van der Waals surface area contributed by atoms with Crippen LogP contribution in [0.25, 0.3) is 0 Å². The van der Waals surface area contributed by atoms with Gasteiger partial charge in [0.2, 0.25) is 0 Å². The van der Waals surface area contributed by atoms with E-state index in [0.29, 0.717) is 6.42 Å². The first-order valence-corrected chi connectivity index (χ1v) is 5.58. The third-order valence-electron chi connectivity index (χ3n) is 3.30. The lowest BCUT2D eigenvalue weighted by Gasteiger charge is -2.26.